The highest BCUT2D eigenvalue weighted by Crippen LogP contribution is 2.12. The zero-order valence-corrected chi connectivity index (χ0v) is 17.4. The summed E-state index contributed by atoms with van der Waals surface area (Å²) in [5.74, 6) is 0.844. The molecule has 0 saturated heterocycles. The van der Waals surface area contributed by atoms with Gasteiger partial charge >= 0.3 is 0 Å². The van der Waals surface area contributed by atoms with Crippen molar-refractivity contribution >= 4 is 11.5 Å². The summed E-state index contributed by atoms with van der Waals surface area (Å²) in [6.07, 6.45) is 10.8. The molecule has 0 heterocycles. The van der Waals surface area contributed by atoms with Crippen LogP contribution in [0, 0.1) is 0 Å². The molecule has 0 aliphatic carbocycles. The molecule has 0 radical (unpaired) electrons. The Morgan fingerprint density at radius 1 is 1.30 bits per heavy atom. The highest BCUT2D eigenvalue weighted by Gasteiger charge is 2.01. The topological polar surface area (TPSA) is 36.4 Å². The van der Waals surface area contributed by atoms with Gasteiger partial charge in [-0.05, 0) is 75.1 Å². The molecule has 3 heteroatoms. The van der Waals surface area contributed by atoms with Crippen LogP contribution in [0.2, 0.25) is 0 Å². The summed E-state index contributed by atoms with van der Waals surface area (Å²) in [6, 6.07) is 9.08. The van der Waals surface area contributed by atoms with Gasteiger partial charge in [0, 0.05) is 17.9 Å². The van der Waals surface area contributed by atoms with Crippen LogP contribution in [-0.2, 0) is 6.42 Å². The Kier molecular flexibility index (Phi) is 10.8. The number of hydrogen-bond acceptors (Lipinski definition) is 2. The summed E-state index contributed by atoms with van der Waals surface area (Å²) in [5.41, 5.74) is 4.39. The van der Waals surface area contributed by atoms with Gasteiger partial charge in [-0.1, -0.05) is 50.8 Å². The van der Waals surface area contributed by atoms with Crippen molar-refractivity contribution in [3.63, 3.8) is 0 Å². The van der Waals surface area contributed by atoms with E-state index in [4.69, 9.17) is 0 Å². The summed E-state index contributed by atoms with van der Waals surface area (Å²) in [4.78, 5) is 4.44. The molecular formula is C24H35N3. The molecule has 0 aliphatic heterocycles. The Labute approximate surface area is 165 Å². The number of nitrogens with one attached hydrogen (secondary N) is 2. The molecule has 2 N–H and O–H groups in total. The van der Waals surface area contributed by atoms with Gasteiger partial charge in [-0.25, -0.2) is 4.99 Å². The number of allylic oxidation sites excluding steroid dienone is 5. The maximum absolute atomic E-state index is 4.44. The molecule has 146 valence electrons. The van der Waals surface area contributed by atoms with Crippen molar-refractivity contribution in [3.8, 4) is 0 Å². The summed E-state index contributed by atoms with van der Waals surface area (Å²) < 4.78 is 0. The van der Waals surface area contributed by atoms with Crippen LogP contribution in [0.4, 0.5) is 5.69 Å². The van der Waals surface area contributed by atoms with E-state index in [1.807, 2.05) is 26.0 Å². The molecule has 0 aliphatic rings. The van der Waals surface area contributed by atoms with Crippen LogP contribution in [0.15, 0.2) is 78.0 Å². The molecule has 1 unspecified atom stereocenters. The van der Waals surface area contributed by atoms with Gasteiger partial charge in [-0.15, -0.1) is 0 Å². The first kappa shape index (κ1) is 22.7. The number of rotatable bonds is 11. The molecular weight excluding hydrogens is 330 g/mol. The monoisotopic (exact) mass is 365 g/mol. The fourth-order valence-electron chi connectivity index (χ4n) is 2.70. The quantitative estimate of drug-likeness (QED) is 0.285. The molecule has 1 rings (SSSR count). The zero-order valence-electron chi connectivity index (χ0n) is 17.4. The normalized spacial score (nSPS) is 13.6. The molecule has 0 saturated carbocycles. The number of hydrogen-bond donors (Lipinski definition) is 2. The molecule has 0 fully saturated rings. The first-order valence-corrected chi connectivity index (χ1v) is 9.75. The average molecular weight is 366 g/mol. The Morgan fingerprint density at radius 2 is 2.07 bits per heavy atom. The number of amidine groups is 1. The fourth-order valence-corrected chi connectivity index (χ4v) is 2.70. The number of anilines is 1. The van der Waals surface area contributed by atoms with Crippen LogP contribution in [0.5, 0.6) is 0 Å². The Bertz CT molecular complexity index is 695. The predicted molar refractivity (Wildman–Crippen MR) is 121 cm³/mol. The predicted octanol–water partition coefficient (Wildman–Crippen LogP) is 6.04. The molecule has 0 bridgehead atoms. The third-order valence-electron chi connectivity index (χ3n) is 4.30. The number of nitrogens with zero attached hydrogens (tertiary/aromatic N) is 1. The lowest BCUT2D eigenvalue weighted by atomic mass is 10.1. The Balaban J connectivity index is 2.57. The van der Waals surface area contributed by atoms with Gasteiger partial charge in [0.1, 0.15) is 5.84 Å². The van der Waals surface area contributed by atoms with Crippen LogP contribution < -0.4 is 10.6 Å². The maximum atomic E-state index is 4.44. The van der Waals surface area contributed by atoms with E-state index in [0.717, 1.165) is 35.6 Å². The summed E-state index contributed by atoms with van der Waals surface area (Å²) in [7, 11) is 0. The highest BCUT2D eigenvalue weighted by molar-refractivity contribution is 5.93. The molecule has 0 aromatic heterocycles. The van der Waals surface area contributed by atoms with E-state index < -0.39 is 0 Å². The second kappa shape index (κ2) is 12.9. The highest BCUT2D eigenvalue weighted by atomic mass is 15.0. The van der Waals surface area contributed by atoms with Crippen LogP contribution in [0.25, 0.3) is 0 Å². The molecule has 1 aromatic carbocycles. The van der Waals surface area contributed by atoms with E-state index in [0.29, 0.717) is 6.04 Å². The van der Waals surface area contributed by atoms with Gasteiger partial charge in [-0.3, -0.25) is 0 Å². The lowest BCUT2D eigenvalue weighted by molar-refractivity contribution is 0.512. The Hall–Kier alpha value is -2.39. The SMILES string of the molecule is C=C/C=C(\C)C(=C)/C=C\N=C(C)Nc1cccc(CCNC(C)CCC)c1. The van der Waals surface area contributed by atoms with Crippen LogP contribution in [0.1, 0.15) is 46.1 Å². The largest absolute Gasteiger partial charge is 0.344 e. The zero-order chi connectivity index (χ0) is 20.1. The smallest absolute Gasteiger partial charge is 0.103 e. The van der Waals surface area contributed by atoms with Crippen molar-refractivity contribution in [3.05, 3.63) is 78.6 Å². The van der Waals surface area contributed by atoms with Crippen molar-refractivity contribution in [2.24, 2.45) is 4.99 Å². The average Bonchev–Trinajstić information content (AvgIpc) is 2.62. The lowest BCUT2D eigenvalue weighted by Gasteiger charge is -2.13. The standard InChI is InChI=1S/C24H35N3/c1-7-10-19(3)20(4)14-16-26-22(6)27-24-13-9-12-23(18-24)15-17-25-21(5)11-8-2/h7,9-10,12-14,16,18,21,25H,1,4,8,11,15,17H2,2-3,5-6H3,(H,26,27)/b16-14-,19-10+. The summed E-state index contributed by atoms with van der Waals surface area (Å²) in [5, 5.41) is 6.92. The van der Waals surface area contributed by atoms with Gasteiger partial charge in [0.05, 0.1) is 0 Å². The number of benzene rings is 1. The molecule has 3 nitrogen and oxygen atoms in total. The first-order chi connectivity index (χ1) is 13.0. The van der Waals surface area contributed by atoms with E-state index in [2.05, 4.69) is 66.9 Å². The summed E-state index contributed by atoms with van der Waals surface area (Å²) in [6.45, 7) is 17.2. The van der Waals surface area contributed by atoms with E-state index >= 15 is 0 Å². The van der Waals surface area contributed by atoms with Crippen LogP contribution >= 0.6 is 0 Å². The third kappa shape index (κ3) is 9.76. The molecule has 27 heavy (non-hydrogen) atoms. The van der Waals surface area contributed by atoms with Gasteiger partial charge in [0.2, 0.25) is 0 Å². The van der Waals surface area contributed by atoms with Crippen molar-refractivity contribution in [2.45, 2.75) is 53.0 Å². The minimum Gasteiger partial charge on any atom is -0.344 e. The van der Waals surface area contributed by atoms with Crippen molar-refractivity contribution < 1.29 is 0 Å². The van der Waals surface area contributed by atoms with Crippen molar-refractivity contribution in [2.75, 3.05) is 11.9 Å². The van der Waals surface area contributed by atoms with E-state index in [9.17, 15) is 0 Å². The minimum atomic E-state index is 0.581. The minimum absolute atomic E-state index is 0.581. The third-order valence-corrected chi connectivity index (χ3v) is 4.30. The molecule has 0 amide bonds. The first-order valence-electron chi connectivity index (χ1n) is 9.75. The number of aliphatic imine (C=N–C) groups is 1. The summed E-state index contributed by atoms with van der Waals surface area (Å²) >= 11 is 0. The second-order valence-electron chi connectivity index (χ2n) is 6.86. The molecule has 1 aromatic rings. The van der Waals surface area contributed by atoms with Gasteiger partial charge in [-0.2, -0.15) is 0 Å². The van der Waals surface area contributed by atoms with Crippen LogP contribution in [0.3, 0.4) is 0 Å². The van der Waals surface area contributed by atoms with Crippen LogP contribution in [-0.4, -0.2) is 18.4 Å². The van der Waals surface area contributed by atoms with Crippen molar-refractivity contribution in [1.82, 2.24) is 5.32 Å². The lowest BCUT2D eigenvalue weighted by Crippen LogP contribution is -2.27. The van der Waals surface area contributed by atoms with E-state index in [1.165, 1.54) is 18.4 Å². The van der Waals surface area contributed by atoms with E-state index in [-0.39, 0.29) is 0 Å². The van der Waals surface area contributed by atoms with Gasteiger partial charge in [0.15, 0.2) is 0 Å². The molecule has 0 spiro atoms. The Morgan fingerprint density at radius 3 is 2.78 bits per heavy atom. The van der Waals surface area contributed by atoms with Crippen molar-refractivity contribution in [1.29, 1.82) is 0 Å². The van der Waals surface area contributed by atoms with Gasteiger partial charge in [0.25, 0.3) is 0 Å². The van der Waals surface area contributed by atoms with E-state index in [1.54, 1.807) is 12.3 Å². The maximum Gasteiger partial charge on any atom is 0.103 e. The second-order valence-corrected chi connectivity index (χ2v) is 6.86. The fraction of sp³-hybridized carbons (Fsp3) is 0.375. The molecule has 1 atom stereocenters. The van der Waals surface area contributed by atoms with Gasteiger partial charge < -0.3 is 10.6 Å².